The molecule has 88 valence electrons. The molecule has 1 fully saturated rings. The molecular formula is C10H12ClFN2O2. The number of amides is 1. The van der Waals surface area contributed by atoms with E-state index in [1.807, 2.05) is 0 Å². The van der Waals surface area contributed by atoms with Crippen LogP contribution in [0.2, 0.25) is 0 Å². The number of carbonyl (C=O) groups is 1. The Morgan fingerprint density at radius 3 is 2.56 bits per heavy atom. The SMILES string of the molecule is Cl.N[C@@H]1CON(Cc2ccc(F)cc2)C1=O. The molecule has 1 aliphatic heterocycles. The monoisotopic (exact) mass is 246 g/mol. The first-order valence-electron chi connectivity index (χ1n) is 4.61. The zero-order chi connectivity index (χ0) is 10.8. The highest BCUT2D eigenvalue weighted by Gasteiger charge is 2.29. The minimum Gasteiger partial charge on any atom is -0.318 e. The lowest BCUT2D eigenvalue weighted by Gasteiger charge is -2.13. The van der Waals surface area contributed by atoms with Crippen molar-refractivity contribution in [3.63, 3.8) is 0 Å². The maximum Gasteiger partial charge on any atom is 0.265 e. The van der Waals surface area contributed by atoms with Crippen LogP contribution in [0.25, 0.3) is 0 Å². The molecule has 2 rings (SSSR count). The van der Waals surface area contributed by atoms with E-state index in [2.05, 4.69) is 0 Å². The predicted octanol–water partition coefficient (Wildman–Crippen LogP) is 0.849. The zero-order valence-electron chi connectivity index (χ0n) is 8.43. The Balaban J connectivity index is 0.00000128. The van der Waals surface area contributed by atoms with Crippen LogP contribution in [0.1, 0.15) is 5.56 Å². The van der Waals surface area contributed by atoms with Crippen molar-refractivity contribution in [3.05, 3.63) is 35.6 Å². The third kappa shape index (κ3) is 2.69. The first-order chi connectivity index (χ1) is 7.16. The molecule has 0 aliphatic carbocycles. The van der Waals surface area contributed by atoms with Gasteiger partial charge in [-0.3, -0.25) is 9.63 Å². The lowest BCUT2D eigenvalue weighted by molar-refractivity contribution is -0.164. The highest BCUT2D eigenvalue weighted by Crippen LogP contribution is 2.12. The second-order valence-corrected chi connectivity index (χ2v) is 3.40. The van der Waals surface area contributed by atoms with E-state index >= 15 is 0 Å². The van der Waals surface area contributed by atoms with Gasteiger partial charge in [-0.05, 0) is 17.7 Å². The van der Waals surface area contributed by atoms with Crippen molar-refractivity contribution in [1.29, 1.82) is 0 Å². The summed E-state index contributed by atoms with van der Waals surface area (Å²) in [5, 5.41) is 1.21. The Morgan fingerprint density at radius 2 is 2.06 bits per heavy atom. The maximum atomic E-state index is 12.6. The Kier molecular flexibility index (Phi) is 4.23. The molecule has 6 heteroatoms. The van der Waals surface area contributed by atoms with E-state index in [9.17, 15) is 9.18 Å². The summed E-state index contributed by atoms with van der Waals surface area (Å²) in [6.07, 6.45) is 0. The van der Waals surface area contributed by atoms with Crippen molar-refractivity contribution in [2.24, 2.45) is 5.73 Å². The summed E-state index contributed by atoms with van der Waals surface area (Å²) in [5.74, 6) is -0.538. The fourth-order valence-electron chi connectivity index (χ4n) is 1.37. The van der Waals surface area contributed by atoms with Crippen molar-refractivity contribution in [2.75, 3.05) is 6.61 Å². The topological polar surface area (TPSA) is 55.6 Å². The van der Waals surface area contributed by atoms with Crippen LogP contribution >= 0.6 is 12.4 Å². The lowest BCUT2D eigenvalue weighted by Crippen LogP contribution is -2.34. The Hall–Kier alpha value is -1.17. The highest BCUT2D eigenvalue weighted by atomic mass is 35.5. The van der Waals surface area contributed by atoms with Gasteiger partial charge in [-0.2, -0.15) is 0 Å². The summed E-state index contributed by atoms with van der Waals surface area (Å²) in [7, 11) is 0. The summed E-state index contributed by atoms with van der Waals surface area (Å²) in [6, 6.07) is 5.32. The average Bonchev–Trinajstić information content (AvgIpc) is 2.53. The molecule has 0 spiro atoms. The maximum absolute atomic E-state index is 12.6. The Labute approximate surface area is 98.5 Å². The van der Waals surface area contributed by atoms with E-state index in [1.54, 1.807) is 12.1 Å². The average molecular weight is 247 g/mol. The molecule has 0 bridgehead atoms. The number of hydrogen-bond acceptors (Lipinski definition) is 3. The molecule has 16 heavy (non-hydrogen) atoms. The van der Waals surface area contributed by atoms with Crippen LogP contribution in [0.3, 0.4) is 0 Å². The number of benzene rings is 1. The van der Waals surface area contributed by atoms with Gasteiger partial charge in [0.1, 0.15) is 11.9 Å². The van der Waals surface area contributed by atoms with Crippen molar-refractivity contribution < 1.29 is 14.0 Å². The zero-order valence-corrected chi connectivity index (χ0v) is 9.24. The van der Waals surface area contributed by atoms with Crippen molar-refractivity contribution in [3.8, 4) is 0 Å². The molecule has 4 nitrogen and oxygen atoms in total. The van der Waals surface area contributed by atoms with Gasteiger partial charge in [-0.15, -0.1) is 12.4 Å². The van der Waals surface area contributed by atoms with Gasteiger partial charge in [-0.1, -0.05) is 12.1 Å². The van der Waals surface area contributed by atoms with Gasteiger partial charge in [-0.25, -0.2) is 9.45 Å². The van der Waals surface area contributed by atoms with Gasteiger partial charge in [0.15, 0.2) is 0 Å². The van der Waals surface area contributed by atoms with Gasteiger partial charge >= 0.3 is 0 Å². The number of nitrogens with two attached hydrogens (primary N) is 1. The summed E-state index contributed by atoms with van der Waals surface area (Å²) in [5.41, 5.74) is 6.27. The Morgan fingerprint density at radius 1 is 1.44 bits per heavy atom. The number of hydrogen-bond donors (Lipinski definition) is 1. The van der Waals surface area contributed by atoms with Gasteiger partial charge < -0.3 is 5.73 Å². The third-order valence-corrected chi connectivity index (χ3v) is 2.21. The van der Waals surface area contributed by atoms with Crippen LogP contribution in [0, 0.1) is 5.82 Å². The normalized spacial score (nSPS) is 19.8. The molecule has 0 aromatic heterocycles. The van der Waals surface area contributed by atoms with Gasteiger partial charge in [0.05, 0.1) is 13.2 Å². The van der Waals surface area contributed by atoms with Gasteiger partial charge in [0.2, 0.25) is 0 Å². The second-order valence-electron chi connectivity index (χ2n) is 3.40. The fraction of sp³-hybridized carbons (Fsp3) is 0.300. The van der Waals surface area contributed by atoms with E-state index in [-0.39, 0.29) is 30.7 Å². The Bertz CT molecular complexity index is 372. The number of halogens is 2. The number of rotatable bonds is 2. The van der Waals surface area contributed by atoms with E-state index in [1.165, 1.54) is 17.2 Å². The van der Waals surface area contributed by atoms with Gasteiger partial charge in [0.25, 0.3) is 5.91 Å². The minimum atomic E-state index is -0.578. The molecule has 0 radical (unpaired) electrons. The molecular weight excluding hydrogens is 235 g/mol. The fourth-order valence-corrected chi connectivity index (χ4v) is 1.37. The van der Waals surface area contributed by atoms with Crippen LogP contribution in [0.5, 0.6) is 0 Å². The van der Waals surface area contributed by atoms with Crippen LogP contribution < -0.4 is 5.73 Å². The summed E-state index contributed by atoms with van der Waals surface area (Å²) in [6.45, 7) is 0.507. The summed E-state index contributed by atoms with van der Waals surface area (Å²) in [4.78, 5) is 16.5. The van der Waals surface area contributed by atoms with Crippen LogP contribution in [0.4, 0.5) is 4.39 Å². The first-order valence-corrected chi connectivity index (χ1v) is 4.61. The largest absolute Gasteiger partial charge is 0.318 e. The van der Waals surface area contributed by atoms with Crippen LogP contribution in [-0.2, 0) is 16.2 Å². The van der Waals surface area contributed by atoms with E-state index in [4.69, 9.17) is 10.6 Å². The van der Waals surface area contributed by atoms with E-state index < -0.39 is 6.04 Å². The van der Waals surface area contributed by atoms with Crippen molar-refractivity contribution in [2.45, 2.75) is 12.6 Å². The molecule has 2 N–H and O–H groups in total. The molecule has 0 saturated carbocycles. The van der Waals surface area contributed by atoms with Crippen LogP contribution in [0.15, 0.2) is 24.3 Å². The second kappa shape index (κ2) is 5.25. The number of nitrogens with zero attached hydrogens (tertiary/aromatic N) is 1. The molecule has 1 aromatic carbocycles. The smallest absolute Gasteiger partial charge is 0.265 e. The third-order valence-electron chi connectivity index (χ3n) is 2.21. The van der Waals surface area contributed by atoms with E-state index in [0.29, 0.717) is 6.54 Å². The highest BCUT2D eigenvalue weighted by molar-refractivity contribution is 5.85. The number of carbonyl (C=O) groups excluding carboxylic acids is 1. The van der Waals surface area contributed by atoms with Crippen molar-refractivity contribution in [1.82, 2.24) is 5.06 Å². The quantitative estimate of drug-likeness (QED) is 0.842. The molecule has 1 atom stereocenters. The molecule has 1 aromatic rings. The summed E-state index contributed by atoms with van der Waals surface area (Å²) < 4.78 is 12.6. The molecule has 1 heterocycles. The number of hydroxylamine groups is 2. The first kappa shape index (κ1) is 12.9. The van der Waals surface area contributed by atoms with Gasteiger partial charge in [0, 0.05) is 0 Å². The van der Waals surface area contributed by atoms with Crippen molar-refractivity contribution >= 4 is 18.3 Å². The predicted molar refractivity (Wildman–Crippen MR) is 58.1 cm³/mol. The summed E-state index contributed by atoms with van der Waals surface area (Å²) >= 11 is 0. The molecule has 1 amide bonds. The van der Waals surface area contributed by atoms with E-state index in [0.717, 1.165) is 5.56 Å². The molecule has 1 aliphatic rings. The molecule has 1 saturated heterocycles. The van der Waals surface area contributed by atoms with Crippen LogP contribution in [-0.4, -0.2) is 23.6 Å². The lowest BCUT2D eigenvalue weighted by atomic mass is 10.2. The minimum absolute atomic E-state index is 0. The standard InChI is InChI=1S/C10H11FN2O2.ClH/c11-8-3-1-7(2-4-8)5-13-10(14)9(12)6-15-13;/h1-4,9H,5-6,12H2;1H/t9-;/m1./s1. The molecule has 0 unspecified atom stereocenters.